The Morgan fingerprint density at radius 1 is 1.21 bits per heavy atom. The highest BCUT2D eigenvalue weighted by molar-refractivity contribution is 7.13. The summed E-state index contributed by atoms with van der Waals surface area (Å²) in [4.78, 5) is 15.5. The topological polar surface area (TPSA) is 96.0 Å². The molecule has 3 aromatic rings. The van der Waals surface area contributed by atoms with Crippen molar-refractivity contribution >= 4 is 17.2 Å². The number of aromatic nitrogens is 4. The van der Waals surface area contributed by atoms with Crippen LogP contribution in [0, 0.1) is 0 Å². The number of carbonyl (C=O) groups excluding carboxylic acids is 1. The molecule has 2 N–H and O–H groups in total. The Bertz CT molecular complexity index is 888. The maximum Gasteiger partial charge on any atom is 0.252 e. The number of tetrazole rings is 1. The Kier molecular flexibility index (Phi) is 6.05. The molecule has 9 heteroatoms. The van der Waals surface area contributed by atoms with Gasteiger partial charge < -0.3 is 10.1 Å². The van der Waals surface area contributed by atoms with Gasteiger partial charge in [0.1, 0.15) is 0 Å². The predicted molar refractivity (Wildman–Crippen MR) is 106 cm³/mol. The quantitative estimate of drug-likeness (QED) is 0.629. The molecule has 0 saturated carbocycles. The number of H-pyrrole nitrogens is 1. The van der Waals surface area contributed by atoms with E-state index in [0.717, 1.165) is 44.1 Å². The zero-order valence-electron chi connectivity index (χ0n) is 15.4. The summed E-state index contributed by atoms with van der Waals surface area (Å²) in [6.07, 6.45) is 0.797. The summed E-state index contributed by atoms with van der Waals surface area (Å²) >= 11 is 1.42. The lowest BCUT2D eigenvalue weighted by molar-refractivity contribution is 0.0342. The zero-order chi connectivity index (χ0) is 19.2. The van der Waals surface area contributed by atoms with Crippen molar-refractivity contribution in [2.45, 2.75) is 13.0 Å². The second kappa shape index (κ2) is 9.05. The van der Waals surface area contributed by atoms with Gasteiger partial charge in [0.15, 0.2) is 0 Å². The van der Waals surface area contributed by atoms with Crippen LogP contribution in [-0.4, -0.2) is 64.3 Å². The first-order valence-electron chi connectivity index (χ1n) is 9.26. The van der Waals surface area contributed by atoms with Gasteiger partial charge >= 0.3 is 0 Å². The van der Waals surface area contributed by atoms with Gasteiger partial charge in [-0.05, 0) is 28.8 Å². The lowest BCUT2D eigenvalue weighted by atomic mass is 10.1. The molecule has 1 aliphatic rings. The molecule has 3 heterocycles. The van der Waals surface area contributed by atoms with E-state index in [0.29, 0.717) is 17.9 Å². The second-order valence-electron chi connectivity index (χ2n) is 6.65. The van der Waals surface area contributed by atoms with E-state index in [1.54, 1.807) is 6.07 Å². The number of rotatable bonds is 7. The van der Waals surface area contributed by atoms with Crippen molar-refractivity contribution in [3.8, 4) is 10.7 Å². The number of nitrogens with one attached hydrogen (secondary N) is 2. The van der Waals surface area contributed by atoms with Crippen LogP contribution in [0.4, 0.5) is 0 Å². The van der Waals surface area contributed by atoms with Crippen LogP contribution >= 0.6 is 11.3 Å². The summed E-state index contributed by atoms with van der Waals surface area (Å²) in [5.41, 5.74) is 3.14. The summed E-state index contributed by atoms with van der Waals surface area (Å²) in [6.45, 7) is 5.17. The Morgan fingerprint density at radius 3 is 2.75 bits per heavy atom. The van der Waals surface area contributed by atoms with Gasteiger partial charge in [0, 0.05) is 31.6 Å². The van der Waals surface area contributed by atoms with Crippen molar-refractivity contribution in [2.75, 3.05) is 32.8 Å². The molecule has 1 aliphatic heterocycles. The summed E-state index contributed by atoms with van der Waals surface area (Å²) < 4.78 is 5.39. The molecule has 0 aliphatic carbocycles. The van der Waals surface area contributed by atoms with Gasteiger partial charge in [0.2, 0.25) is 5.82 Å². The highest BCUT2D eigenvalue weighted by Gasteiger charge is 2.12. The number of hydrogen-bond donors (Lipinski definition) is 2. The molecule has 0 radical (unpaired) electrons. The third-order valence-electron chi connectivity index (χ3n) is 4.66. The molecule has 28 heavy (non-hydrogen) atoms. The molecule has 0 bridgehead atoms. The van der Waals surface area contributed by atoms with E-state index < -0.39 is 0 Å². The van der Waals surface area contributed by atoms with E-state index in [1.165, 1.54) is 22.5 Å². The smallest absolute Gasteiger partial charge is 0.252 e. The van der Waals surface area contributed by atoms with E-state index in [9.17, 15) is 4.79 Å². The Labute approximate surface area is 166 Å². The SMILES string of the molecule is O=C(NCCc1ccc(CN2CCOCC2)cc1)c1csc(-c2nn[nH]n2)c1. The van der Waals surface area contributed by atoms with Gasteiger partial charge in [0.05, 0.1) is 23.7 Å². The number of benzene rings is 1. The van der Waals surface area contributed by atoms with Crippen LogP contribution in [0.3, 0.4) is 0 Å². The van der Waals surface area contributed by atoms with Crippen LogP contribution < -0.4 is 5.32 Å². The zero-order valence-corrected chi connectivity index (χ0v) is 16.2. The van der Waals surface area contributed by atoms with E-state index in [-0.39, 0.29) is 5.91 Å². The number of thiophene rings is 1. The van der Waals surface area contributed by atoms with Crippen molar-refractivity contribution in [3.63, 3.8) is 0 Å². The van der Waals surface area contributed by atoms with E-state index in [1.807, 2.05) is 5.38 Å². The first-order valence-corrected chi connectivity index (χ1v) is 10.1. The van der Waals surface area contributed by atoms with Gasteiger partial charge in [-0.25, -0.2) is 0 Å². The summed E-state index contributed by atoms with van der Waals surface area (Å²) in [6, 6.07) is 10.4. The molecule has 4 rings (SSSR count). The molecule has 0 unspecified atom stereocenters. The fourth-order valence-electron chi connectivity index (χ4n) is 3.09. The highest BCUT2D eigenvalue weighted by atomic mass is 32.1. The van der Waals surface area contributed by atoms with E-state index in [2.05, 4.69) is 55.1 Å². The lowest BCUT2D eigenvalue weighted by Gasteiger charge is -2.26. The monoisotopic (exact) mass is 398 g/mol. The third kappa shape index (κ3) is 4.80. The number of ether oxygens (including phenoxy) is 1. The molecular weight excluding hydrogens is 376 g/mol. The minimum Gasteiger partial charge on any atom is -0.379 e. The van der Waals surface area contributed by atoms with Gasteiger partial charge in [-0.2, -0.15) is 5.21 Å². The van der Waals surface area contributed by atoms with Crippen LogP contribution in [0.2, 0.25) is 0 Å². The molecule has 1 saturated heterocycles. The van der Waals surface area contributed by atoms with E-state index >= 15 is 0 Å². The fourth-order valence-corrected chi connectivity index (χ4v) is 3.91. The van der Waals surface area contributed by atoms with Gasteiger partial charge in [-0.15, -0.1) is 21.5 Å². The molecule has 0 atom stereocenters. The standard InChI is InChI=1S/C19H22N6O2S/c26-19(16-11-17(28-13-16)18-21-23-24-22-18)20-6-5-14-1-3-15(4-2-14)12-25-7-9-27-10-8-25/h1-4,11,13H,5-10,12H2,(H,20,26)(H,21,22,23,24). The van der Waals surface area contributed by atoms with Crippen molar-refractivity contribution in [1.29, 1.82) is 0 Å². The molecule has 8 nitrogen and oxygen atoms in total. The first-order chi connectivity index (χ1) is 13.8. The number of nitrogens with zero attached hydrogens (tertiary/aromatic N) is 4. The molecule has 0 spiro atoms. The number of hydrogen-bond acceptors (Lipinski definition) is 7. The van der Waals surface area contributed by atoms with Crippen molar-refractivity contribution in [1.82, 2.24) is 30.8 Å². The largest absolute Gasteiger partial charge is 0.379 e. The van der Waals surface area contributed by atoms with Crippen molar-refractivity contribution in [2.24, 2.45) is 0 Å². The fraction of sp³-hybridized carbons (Fsp3) is 0.368. The maximum atomic E-state index is 12.3. The maximum absolute atomic E-state index is 12.3. The highest BCUT2D eigenvalue weighted by Crippen LogP contribution is 2.23. The van der Waals surface area contributed by atoms with Crippen LogP contribution in [0.5, 0.6) is 0 Å². The molecule has 1 aromatic carbocycles. The predicted octanol–water partition coefficient (Wildman–Crippen LogP) is 1.73. The minimum atomic E-state index is -0.0880. The Morgan fingerprint density at radius 2 is 2.00 bits per heavy atom. The number of aromatic amines is 1. The van der Waals surface area contributed by atoms with Crippen LogP contribution in [0.25, 0.3) is 10.7 Å². The van der Waals surface area contributed by atoms with Gasteiger partial charge in [-0.1, -0.05) is 24.3 Å². The Hall–Kier alpha value is -2.62. The molecule has 1 fully saturated rings. The van der Waals surface area contributed by atoms with E-state index in [4.69, 9.17) is 4.74 Å². The van der Waals surface area contributed by atoms with Crippen molar-refractivity contribution in [3.05, 3.63) is 52.4 Å². The van der Waals surface area contributed by atoms with Crippen LogP contribution in [0.1, 0.15) is 21.5 Å². The second-order valence-corrected chi connectivity index (χ2v) is 7.56. The molecular formula is C19H22N6O2S. The summed E-state index contributed by atoms with van der Waals surface area (Å²) in [5.74, 6) is 0.413. The summed E-state index contributed by atoms with van der Waals surface area (Å²) in [5, 5.41) is 18.6. The normalized spacial score (nSPS) is 14.9. The van der Waals surface area contributed by atoms with Crippen LogP contribution in [0.15, 0.2) is 35.7 Å². The first kappa shape index (κ1) is 18.7. The third-order valence-corrected chi connectivity index (χ3v) is 5.59. The lowest BCUT2D eigenvalue weighted by Crippen LogP contribution is -2.35. The molecule has 1 amide bonds. The van der Waals surface area contributed by atoms with Crippen LogP contribution in [-0.2, 0) is 17.7 Å². The van der Waals surface area contributed by atoms with Crippen molar-refractivity contribution < 1.29 is 9.53 Å². The molecule has 2 aromatic heterocycles. The van der Waals surface area contributed by atoms with Gasteiger partial charge in [-0.3, -0.25) is 9.69 Å². The number of carbonyl (C=O) groups is 1. The molecule has 146 valence electrons. The van der Waals surface area contributed by atoms with Gasteiger partial charge in [0.25, 0.3) is 5.91 Å². The average Bonchev–Trinajstić information content (AvgIpc) is 3.42. The minimum absolute atomic E-state index is 0.0880. The Balaban J connectivity index is 1.24. The number of amides is 1. The summed E-state index contributed by atoms with van der Waals surface area (Å²) in [7, 11) is 0. The average molecular weight is 398 g/mol. The number of morpholine rings is 1.